The summed E-state index contributed by atoms with van der Waals surface area (Å²) in [7, 11) is 0. The molecule has 0 amide bonds. The SMILES string of the molecule is Cc1ccn(-c2cc(C(CC(=O)O)CN3CCC(CCc4ccc5c(n4)NCCC5)C3)cc(N3CCOCC3)c2)n1. The van der Waals surface area contributed by atoms with Gasteiger partial charge in [0.2, 0.25) is 0 Å². The lowest BCUT2D eigenvalue weighted by Crippen LogP contribution is -2.36. The number of aromatic nitrogens is 3. The summed E-state index contributed by atoms with van der Waals surface area (Å²) in [5.74, 6) is 0.818. The first-order chi connectivity index (χ1) is 20.0. The summed E-state index contributed by atoms with van der Waals surface area (Å²) in [6.07, 6.45) is 7.62. The van der Waals surface area contributed by atoms with E-state index >= 15 is 0 Å². The summed E-state index contributed by atoms with van der Waals surface area (Å²) in [4.78, 5) is 21.7. The highest BCUT2D eigenvalue weighted by molar-refractivity contribution is 5.68. The largest absolute Gasteiger partial charge is 0.481 e. The van der Waals surface area contributed by atoms with Crippen molar-refractivity contribution in [3.05, 3.63) is 65.1 Å². The van der Waals surface area contributed by atoms with Crippen LogP contribution in [0.1, 0.15) is 54.1 Å². The number of carboxylic acid groups (broad SMARTS) is 1. The Hall–Kier alpha value is -3.43. The fraction of sp³-hybridized carbons (Fsp3) is 0.531. The number of hydrogen-bond acceptors (Lipinski definition) is 7. The summed E-state index contributed by atoms with van der Waals surface area (Å²) < 4.78 is 7.49. The van der Waals surface area contributed by atoms with E-state index in [4.69, 9.17) is 9.72 Å². The first-order valence-electron chi connectivity index (χ1n) is 15.2. The van der Waals surface area contributed by atoms with Crippen molar-refractivity contribution in [3.63, 3.8) is 0 Å². The van der Waals surface area contributed by atoms with Crippen molar-refractivity contribution in [1.29, 1.82) is 0 Å². The number of hydrogen-bond donors (Lipinski definition) is 2. The number of morpholine rings is 1. The van der Waals surface area contributed by atoms with Crippen LogP contribution in [0.3, 0.4) is 0 Å². The quantitative estimate of drug-likeness (QED) is 0.381. The Balaban J connectivity index is 1.16. The number of likely N-dealkylation sites (tertiary alicyclic amines) is 1. The van der Waals surface area contributed by atoms with Crippen molar-refractivity contribution in [2.75, 3.05) is 62.7 Å². The third kappa shape index (κ3) is 6.90. The number of nitrogens with one attached hydrogen (secondary N) is 1. The lowest BCUT2D eigenvalue weighted by Gasteiger charge is -2.31. The van der Waals surface area contributed by atoms with Gasteiger partial charge in [-0.25, -0.2) is 9.67 Å². The van der Waals surface area contributed by atoms with E-state index in [0.29, 0.717) is 19.1 Å². The van der Waals surface area contributed by atoms with Crippen molar-refractivity contribution < 1.29 is 14.6 Å². The first-order valence-corrected chi connectivity index (χ1v) is 15.2. The predicted molar refractivity (Wildman–Crippen MR) is 160 cm³/mol. The number of fused-ring (bicyclic) bond motifs is 1. The smallest absolute Gasteiger partial charge is 0.304 e. The molecular formula is C32H42N6O3. The highest BCUT2D eigenvalue weighted by Crippen LogP contribution is 2.32. The van der Waals surface area contributed by atoms with Gasteiger partial charge in [-0.15, -0.1) is 0 Å². The average molecular weight is 559 g/mol. The molecule has 2 unspecified atom stereocenters. The minimum atomic E-state index is -0.758. The van der Waals surface area contributed by atoms with Crippen LogP contribution in [-0.2, 0) is 22.4 Å². The fourth-order valence-corrected chi connectivity index (χ4v) is 6.53. The Kier molecular flexibility index (Phi) is 8.53. The number of rotatable bonds is 10. The van der Waals surface area contributed by atoms with Crippen molar-refractivity contribution in [2.45, 2.75) is 51.4 Å². The zero-order chi connectivity index (χ0) is 28.2. The lowest BCUT2D eigenvalue weighted by molar-refractivity contribution is -0.137. The molecule has 3 aliphatic rings. The first kappa shape index (κ1) is 27.7. The molecule has 0 saturated carbocycles. The Morgan fingerprint density at radius 2 is 2.00 bits per heavy atom. The number of anilines is 2. The van der Waals surface area contributed by atoms with Crippen molar-refractivity contribution in [3.8, 4) is 5.69 Å². The van der Waals surface area contributed by atoms with Crippen LogP contribution in [0.25, 0.3) is 5.69 Å². The van der Waals surface area contributed by atoms with E-state index in [1.54, 1.807) is 0 Å². The minimum absolute atomic E-state index is 0.101. The number of carbonyl (C=O) groups is 1. The Labute approximate surface area is 242 Å². The molecule has 0 spiro atoms. The van der Waals surface area contributed by atoms with Gasteiger partial charge >= 0.3 is 5.97 Å². The van der Waals surface area contributed by atoms with E-state index in [-0.39, 0.29) is 12.3 Å². The topological polar surface area (TPSA) is 95.8 Å². The number of ether oxygens (including phenoxy) is 1. The van der Waals surface area contributed by atoms with Gasteiger partial charge in [0.1, 0.15) is 5.82 Å². The second kappa shape index (κ2) is 12.6. The molecule has 3 aliphatic heterocycles. The summed E-state index contributed by atoms with van der Waals surface area (Å²) in [6.45, 7) is 8.81. The van der Waals surface area contributed by atoms with Crippen molar-refractivity contribution in [1.82, 2.24) is 19.7 Å². The number of aliphatic carboxylic acids is 1. The molecule has 2 saturated heterocycles. The Bertz CT molecular complexity index is 1350. The molecule has 0 bridgehead atoms. The maximum Gasteiger partial charge on any atom is 0.304 e. The van der Waals surface area contributed by atoms with Gasteiger partial charge < -0.3 is 25.0 Å². The van der Waals surface area contributed by atoms with Crippen LogP contribution in [0.4, 0.5) is 11.5 Å². The van der Waals surface area contributed by atoms with Gasteiger partial charge in [-0.1, -0.05) is 6.07 Å². The van der Waals surface area contributed by atoms with E-state index < -0.39 is 5.97 Å². The summed E-state index contributed by atoms with van der Waals surface area (Å²) >= 11 is 0. The maximum absolute atomic E-state index is 12.1. The third-order valence-corrected chi connectivity index (χ3v) is 8.79. The Morgan fingerprint density at radius 3 is 2.80 bits per heavy atom. The van der Waals surface area contributed by atoms with E-state index in [0.717, 1.165) is 93.4 Å². The number of nitrogens with zero attached hydrogens (tertiary/aromatic N) is 5. The standard InChI is InChI=1S/C32H42N6O3/c1-23-8-12-38(35-23)30-18-26(17-29(20-30)37-13-15-41-16-14-37)27(19-31(39)40)22-36-11-9-24(21-36)4-6-28-7-5-25-3-2-10-33-32(25)34-28/h5,7-8,12,17-18,20,24,27H,2-4,6,9-11,13-16,19,21-22H2,1H3,(H,33,34)(H,39,40). The number of benzene rings is 1. The van der Waals surface area contributed by atoms with E-state index in [2.05, 4.69) is 50.5 Å². The van der Waals surface area contributed by atoms with Gasteiger partial charge in [-0.05, 0) is 92.9 Å². The molecule has 6 rings (SSSR count). The molecule has 0 aliphatic carbocycles. The lowest BCUT2D eigenvalue weighted by atomic mass is 9.93. The third-order valence-electron chi connectivity index (χ3n) is 8.79. The Morgan fingerprint density at radius 1 is 1.15 bits per heavy atom. The highest BCUT2D eigenvalue weighted by atomic mass is 16.5. The van der Waals surface area contributed by atoms with Crippen LogP contribution in [0.5, 0.6) is 0 Å². The molecule has 218 valence electrons. The highest BCUT2D eigenvalue weighted by Gasteiger charge is 2.28. The molecule has 9 heteroatoms. The van der Waals surface area contributed by atoms with E-state index in [1.165, 1.54) is 17.7 Å². The van der Waals surface area contributed by atoms with Crippen LogP contribution < -0.4 is 10.2 Å². The monoisotopic (exact) mass is 558 g/mol. The predicted octanol–water partition coefficient (Wildman–Crippen LogP) is 4.28. The molecule has 2 fully saturated rings. The number of aryl methyl sites for hydroxylation is 3. The second-order valence-corrected chi connectivity index (χ2v) is 11.9. The minimum Gasteiger partial charge on any atom is -0.481 e. The zero-order valence-electron chi connectivity index (χ0n) is 24.1. The van der Waals surface area contributed by atoms with Crippen LogP contribution in [0.15, 0.2) is 42.6 Å². The summed E-state index contributed by atoms with van der Waals surface area (Å²) in [6, 6.07) is 12.9. The van der Waals surface area contributed by atoms with Gasteiger partial charge in [0.05, 0.1) is 31.0 Å². The molecule has 2 N–H and O–H groups in total. The number of carboxylic acids is 1. The van der Waals surface area contributed by atoms with Gasteiger partial charge in [0, 0.05) is 56.2 Å². The molecule has 0 radical (unpaired) electrons. The normalized spacial score (nSPS) is 20.0. The molecule has 41 heavy (non-hydrogen) atoms. The summed E-state index contributed by atoms with van der Waals surface area (Å²) in [5.41, 5.74) is 6.60. The van der Waals surface area contributed by atoms with Crippen LogP contribution in [0.2, 0.25) is 0 Å². The van der Waals surface area contributed by atoms with Crippen molar-refractivity contribution >= 4 is 17.5 Å². The molecule has 3 aromatic rings. The molecule has 9 nitrogen and oxygen atoms in total. The van der Waals surface area contributed by atoms with Gasteiger partial charge in [-0.2, -0.15) is 5.10 Å². The zero-order valence-corrected chi connectivity index (χ0v) is 24.1. The molecule has 2 aromatic heterocycles. The molecular weight excluding hydrogens is 516 g/mol. The van der Waals surface area contributed by atoms with Gasteiger partial charge in [0.25, 0.3) is 0 Å². The van der Waals surface area contributed by atoms with Crippen LogP contribution >= 0.6 is 0 Å². The van der Waals surface area contributed by atoms with E-state index in [9.17, 15) is 9.90 Å². The van der Waals surface area contributed by atoms with Gasteiger partial charge in [-0.3, -0.25) is 4.79 Å². The molecule has 5 heterocycles. The van der Waals surface area contributed by atoms with Crippen molar-refractivity contribution in [2.24, 2.45) is 5.92 Å². The summed E-state index contributed by atoms with van der Waals surface area (Å²) in [5, 5.41) is 18.0. The number of pyridine rings is 1. The molecule has 2 atom stereocenters. The van der Waals surface area contributed by atoms with Gasteiger partial charge in [0.15, 0.2) is 0 Å². The average Bonchev–Trinajstić information content (AvgIpc) is 3.64. The van der Waals surface area contributed by atoms with E-state index in [1.807, 2.05) is 23.9 Å². The fourth-order valence-electron chi connectivity index (χ4n) is 6.53. The maximum atomic E-state index is 12.1. The molecule has 1 aromatic carbocycles. The second-order valence-electron chi connectivity index (χ2n) is 11.9. The van der Waals surface area contributed by atoms with Crippen LogP contribution in [-0.4, -0.2) is 83.2 Å². The van der Waals surface area contributed by atoms with Crippen LogP contribution in [0, 0.1) is 12.8 Å².